The van der Waals surface area contributed by atoms with Gasteiger partial charge in [0.25, 0.3) is 0 Å². The molecule has 0 saturated heterocycles. The summed E-state index contributed by atoms with van der Waals surface area (Å²) in [6.45, 7) is 2.05. The van der Waals surface area contributed by atoms with Gasteiger partial charge in [-0.25, -0.2) is 0 Å². The third kappa shape index (κ3) is 4.88. The molecule has 102 valence electrons. The Balaban J connectivity index is 2.65. The molecule has 0 spiro atoms. The third-order valence-electron chi connectivity index (χ3n) is 2.63. The fourth-order valence-electron chi connectivity index (χ4n) is 1.64. The van der Waals surface area contributed by atoms with E-state index in [2.05, 4.69) is 0 Å². The van der Waals surface area contributed by atoms with Gasteiger partial charge in [0.2, 0.25) is 0 Å². The maximum Gasteiger partial charge on any atom is 0.391 e. The van der Waals surface area contributed by atoms with Crippen LogP contribution in [0.15, 0.2) is 24.3 Å². The molecule has 0 fully saturated rings. The van der Waals surface area contributed by atoms with Gasteiger partial charge in [0, 0.05) is 12.0 Å². The number of hydrogen-bond acceptors (Lipinski definition) is 5. The molecule has 0 saturated carbocycles. The van der Waals surface area contributed by atoms with Gasteiger partial charge >= 0.3 is 8.60 Å². The first-order valence-electron chi connectivity index (χ1n) is 5.87. The zero-order valence-corrected chi connectivity index (χ0v) is 11.2. The van der Waals surface area contributed by atoms with Crippen molar-refractivity contribution in [2.45, 2.75) is 38.4 Å². The highest BCUT2D eigenvalue weighted by Crippen LogP contribution is 2.31. The van der Waals surface area contributed by atoms with Crippen LogP contribution in [0.2, 0.25) is 0 Å². The summed E-state index contributed by atoms with van der Waals surface area (Å²) < 4.78 is 4.69. The van der Waals surface area contributed by atoms with Gasteiger partial charge in [-0.1, -0.05) is 19.8 Å². The van der Waals surface area contributed by atoms with E-state index in [1.807, 2.05) is 6.92 Å². The molecule has 0 aliphatic carbocycles. The fourth-order valence-corrected chi connectivity index (χ4v) is 1.95. The molecule has 1 rings (SSSR count). The number of aliphatic hydroxyl groups is 2. The van der Waals surface area contributed by atoms with Crippen molar-refractivity contribution in [3.8, 4) is 5.75 Å². The van der Waals surface area contributed by atoms with Crippen molar-refractivity contribution in [3.63, 3.8) is 0 Å². The summed E-state index contributed by atoms with van der Waals surface area (Å²) in [6, 6.07) is 5.94. The molecule has 0 atom stereocenters. The second kappa shape index (κ2) is 7.02. The molecule has 0 unspecified atom stereocenters. The van der Waals surface area contributed by atoms with Crippen LogP contribution in [-0.4, -0.2) is 20.0 Å². The van der Waals surface area contributed by atoms with Crippen LogP contribution in [0.4, 0.5) is 0 Å². The molecule has 0 radical (unpaired) electrons. The highest BCUT2D eigenvalue weighted by Gasteiger charge is 2.24. The summed E-state index contributed by atoms with van der Waals surface area (Å²) in [5, 5.41) is 19.8. The summed E-state index contributed by atoms with van der Waals surface area (Å²) in [6.07, 6.45) is 2.97. The maximum atomic E-state index is 9.91. The summed E-state index contributed by atoms with van der Waals surface area (Å²) in [5.41, 5.74) is 0.367. The van der Waals surface area contributed by atoms with Gasteiger partial charge in [0.05, 0.1) is 0 Å². The lowest BCUT2D eigenvalue weighted by atomic mass is 9.99. The first-order valence-corrected chi connectivity index (χ1v) is 7.03. The Hall–Kier alpha value is -0.710. The van der Waals surface area contributed by atoms with Gasteiger partial charge in [0.1, 0.15) is 5.75 Å². The van der Waals surface area contributed by atoms with Crippen molar-refractivity contribution in [1.29, 1.82) is 0 Å². The number of benzene rings is 1. The topological polar surface area (TPSA) is 90.2 Å². The molecule has 1 aromatic rings. The second-order valence-electron chi connectivity index (χ2n) is 4.14. The minimum Gasteiger partial charge on any atom is -0.427 e. The van der Waals surface area contributed by atoms with Gasteiger partial charge in [-0.05, 0) is 30.7 Å². The van der Waals surface area contributed by atoms with Crippen LogP contribution < -0.4 is 4.52 Å². The van der Waals surface area contributed by atoms with Crippen LogP contribution in [0.3, 0.4) is 0 Å². The standard InChI is InChI=1S/C12H19O5P/c1-2-3-4-9-12(13,14)10-5-7-11(8-6-10)17-18(15)16/h5-8,13-16H,2-4,9H2,1H3. The molecule has 6 heteroatoms. The summed E-state index contributed by atoms with van der Waals surface area (Å²) in [4.78, 5) is 17.4. The van der Waals surface area contributed by atoms with E-state index in [1.54, 1.807) is 0 Å². The molecule has 4 N–H and O–H groups in total. The van der Waals surface area contributed by atoms with Gasteiger partial charge < -0.3 is 24.5 Å². The molecular formula is C12H19O5P. The smallest absolute Gasteiger partial charge is 0.391 e. The minimum atomic E-state index is -2.45. The van der Waals surface area contributed by atoms with Crippen molar-refractivity contribution >= 4 is 8.60 Å². The van der Waals surface area contributed by atoms with E-state index < -0.39 is 14.4 Å². The van der Waals surface area contributed by atoms with Crippen LogP contribution in [0.1, 0.15) is 38.2 Å². The largest absolute Gasteiger partial charge is 0.427 e. The van der Waals surface area contributed by atoms with Gasteiger partial charge in [0.15, 0.2) is 5.79 Å². The van der Waals surface area contributed by atoms with Gasteiger partial charge in [-0.2, -0.15) is 0 Å². The zero-order chi connectivity index (χ0) is 13.6. The Labute approximate surface area is 108 Å². The SMILES string of the molecule is CCCCCC(O)(O)c1ccc(OP(O)O)cc1. The van der Waals surface area contributed by atoms with Crippen LogP contribution >= 0.6 is 8.60 Å². The average Bonchev–Trinajstić information content (AvgIpc) is 2.29. The highest BCUT2D eigenvalue weighted by molar-refractivity contribution is 7.39. The predicted molar refractivity (Wildman–Crippen MR) is 68.7 cm³/mol. The van der Waals surface area contributed by atoms with Crippen LogP contribution in [0.5, 0.6) is 5.75 Å². The number of unbranched alkanes of at least 4 members (excludes halogenated alkanes) is 2. The van der Waals surface area contributed by atoms with Gasteiger partial charge in [-0.15, -0.1) is 0 Å². The van der Waals surface area contributed by atoms with Crippen LogP contribution in [0.25, 0.3) is 0 Å². The Morgan fingerprint density at radius 2 is 1.72 bits per heavy atom. The molecule has 0 aromatic heterocycles. The quantitative estimate of drug-likeness (QED) is 0.347. The van der Waals surface area contributed by atoms with E-state index in [4.69, 9.17) is 14.3 Å². The molecular weight excluding hydrogens is 255 g/mol. The lowest BCUT2D eigenvalue weighted by Crippen LogP contribution is -2.24. The van der Waals surface area contributed by atoms with Gasteiger partial charge in [-0.3, -0.25) is 0 Å². The zero-order valence-electron chi connectivity index (χ0n) is 10.3. The third-order valence-corrected chi connectivity index (χ3v) is 3.01. The molecule has 0 heterocycles. The molecule has 5 nitrogen and oxygen atoms in total. The second-order valence-corrected chi connectivity index (χ2v) is 4.83. The maximum absolute atomic E-state index is 9.91. The molecule has 18 heavy (non-hydrogen) atoms. The minimum absolute atomic E-state index is 0.272. The Bertz CT molecular complexity index is 350. The van der Waals surface area contributed by atoms with Crippen molar-refractivity contribution in [3.05, 3.63) is 29.8 Å². The molecule has 0 aliphatic heterocycles. The average molecular weight is 274 g/mol. The highest BCUT2D eigenvalue weighted by atomic mass is 31.2. The Kier molecular flexibility index (Phi) is 5.99. The van der Waals surface area contributed by atoms with E-state index in [9.17, 15) is 10.2 Å². The van der Waals surface area contributed by atoms with E-state index >= 15 is 0 Å². The van der Waals surface area contributed by atoms with Crippen molar-refractivity contribution in [2.24, 2.45) is 0 Å². The van der Waals surface area contributed by atoms with Crippen molar-refractivity contribution < 1.29 is 24.5 Å². The predicted octanol–water partition coefficient (Wildman–Crippen LogP) is 1.99. The lowest BCUT2D eigenvalue weighted by Gasteiger charge is -2.22. The summed E-state index contributed by atoms with van der Waals surface area (Å²) in [5.74, 6) is -1.57. The summed E-state index contributed by atoms with van der Waals surface area (Å²) in [7, 11) is -2.45. The van der Waals surface area contributed by atoms with Crippen molar-refractivity contribution in [2.75, 3.05) is 0 Å². The Morgan fingerprint density at radius 3 is 2.22 bits per heavy atom. The van der Waals surface area contributed by atoms with Crippen LogP contribution in [-0.2, 0) is 5.79 Å². The molecule has 1 aromatic carbocycles. The molecule has 0 aliphatic rings. The van der Waals surface area contributed by atoms with E-state index in [1.165, 1.54) is 24.3 Å². The Morgan fingerprint density at radius 1 is 1.11 bits per heavy atom. The van der Waals surface area contributed by atoms with Crippen molar-refractivity contribution in [1.82, 2.24) is 0 Å². The monoisotopic (exact) mass is 274 g/mol. The molecule has 0 amide bonds. The van der Waals surface area contributed by atoms with Crippen LogP contribution in [0, 0.1) is 0 Å². The normalized spacial score (nSPS) is 11.9. The van der Waals surface area contributed by atoms with E-state index in [-0.39, 0.29) is 12.2 Å². The van der Waals surface area contributed by atoms with E-state index in [0.29, 0.717) is 5.56 Å². The first kappa shape index (κ1) is 15.3. The number of hydrogen-bond donors (Lipinski definition) is 4. The molecule has 0 bridgehead atoms. The fraction of sp³-hybridized carbons (Fsp3) is 0.500. The first-order chi connectivity index (χ1) is 8.45. The summed E-state index contributed by atoms with van der Waals surface area (Å²) >= 11 is 0. The lowest BCUT2D eigenvalue weighted by molar-refractivity contribution is -0.175. The van der Waals surface area contributed by atoms with E-state index in [0.717, 1.165) is 19.3 Å². The number of rotatable bonds is 7.